The van der Waals surface area contributed by atoms with Gasteiger partial charge in [-0.15, -0.1) is 0 Å². The van der Waals surface area contributed by atoms with E-state index >= 15 is 0 Å². The minimum atomic E-state index is -0.780. The third-order valence-corrected chi connectivity index (χ3v) is 4.92. The fourth-order valence-electron chi connectivity index (χ4n) is 3.34. The summed E-state index contributed by atoms with van der Waals surface area (Å²) in [6.45, 7) is 16.4. The van der Waals surface area contributed by atoms with E-state index in [1.165, 1.54) is 12.1 Å². The van der Waals surface area contributed by atoms with Crippen LogP contribution in [-0.2, 0) is 4.74 Å². The number of aryl methyl sites for hydroxylation is 2. The van der Waals surface area contributed by atoms with Crippen LogP contribution in [0, 0.1) is 26.7 Å². The topological polar surface area (TPSA) is 81.4 Å². The van der Waals surface area contributed by atoms with Gasteiger partial charge in [0.15, 0.2) is 11.1 Å². The number of carbonyl (C=O) groups excluding carboxylic acids is 1. The third kappa shape index (κ3) is 5.97. The minimum absolute atomic E-state index is 0.0752. The molecular weight excluding hydrogens is 423 g/mol. The van der Waals surface area contributed by atoms with Crippen LogP contribution in [0.3, 0.4) is 0 Å². The van der Waals surface area contributed by atoms with Gasteiger partial charge < -0.3 is 14.5 Å². The molecule has 2 aromatic heterocycles. The van der Waals surface area contributed by atoms with E-state index in [1.807, 2.05) is 33.8 Å². The largest absolute Gasteiger partial charge is 0.460 e. The first kappa shape index (κ1) is 26.0. The number of hydrogen-bond donors (Lipinski definition) is 1. The van der Waals surface area contributed by atoms with Crippen molar-refractivity contribution in [2.24, 2.45) is 0 Å². The molecular formula is C26H33FN2O4. The number of halogens is 1. The van der Waals surface area contributed by atoms with E-state index in [9.17, 15) is 14.0 Å². The van der Waals surface area contributed by atoms with Crippen LogP contribution in [0.15, 0.2) is 33.5 Å². The summed E-state index contributed by atoms with van der Waals surface area (Å²) in [6, 6.07) is 5.96. The van der Waals surface area contributed by atoms with E-state index < -0.39 is 17.5 Å². The van der Waals surface area contributed by atoms with E-state index in [2.05, 4.69) is 10.3 Å². The number of esters is 1. The molecule has 0 amide bonds. The smallest absolute Gasteiger partial charge is 0.359 e. The second kappa shape index (κ2) is 10.1. The van der Waals surface area contributed by atoms with Crippen molar-refractivity contribution in [2.75, 3.05) is 5.32 Å². The van der Waals surface area contributed by atoms with E-state index in [0.29, 0.717) is 28.0 Å². The predicted octanol–water partition coefficient (Wildman–Crippen LogP) is 6.41. The molecule has 1 N–H and O–H groups in total. The fourth-order valence-corrected chi connectivity index (χ4v) is 3.34. The molecule has 2 heterocycles. The van der Waals surface area contributed by atoms with Crippen LogP contribution < -0.4 is 10.7 Å². The Morgan fingerprint density at radius 1 is 1.15 bits per heavy atom. The summed E-state index contributed by atoms with van der Waals surface area (Å²) < 4.78 is 25.1. The number of anilines is 1. The molecule has 1 unspecified atom stereocenters. The van der Waals surface area contributed by atoms with Crippen molar-refractivity contribution < 1.29 is 18.3 Å². The lowest BCUT2D eigenvalue weighted by molar-refractivity contribution is 0.00628. The van der Waals surface area contributed by atoms with Crippen LogP contribution in [0.2, 0.25) is 0 Å². The summed E-state index contributed by atoms with van der Waals surface area (Å²) in [5.41, 5.74) is 2.04. The molecule has 0 fully saturated rings. The molecule has 6 nitrogen and oxygen atoms in total. The zero-order chi connectivity index (χ0) is 25.1. The van der Waals surface area contributed by atoms with Crippen molar-refractivity contribution in [1.29, 1.82) is 0 Å². The number of nitrogens with zero attached hydrogens (tertiary/aromatic N) is 1. The maximum atomic E-state index is 13.8. The molecule has 3 aromatic rings. The van der Waals surface area contributed by atoms with Crippen molar-refractivity contribution >= 4 is 22.6 Å². The molecule has 7 heteroatoms. The molecule has 0 bridgehead atoms. The zero-order valence-corrected chi connectivity index (χ0v) is 20.8. The van der Waals surface area contributed by atoms with E-state index in [0.717, 1.165) is 11.1 Å². The molecule has 178 valence electrons. The Kier molecular flexibility index (Phi) is 8.01. The Labute approximate surface area is 194 Å². The Morgan fingerprint density at radius 3 is 2.39 bits per heavy atom. The van der Waals surface area contributed by atoms with Gasteiger partial charge >= 0.3 is 5.97 Å². The highest BCUT2D eigenvalue weighted by Gasteiger charge is 2.24. The van der Waals surface area contributed by atoms with E-state index in [-0.39, 0.29) is 17.2 Å². The van der Waals surface area contributed by atoms with Gasteiger partial charge in [0.1, 0.15) is 16.9 Å². The second-order valence-corrected chi connectivity index (χ2v) is 8.74. The molecule has 0 aliphatic carbocycles. The lowest BCUT2D eigenvalue weighted by Crippen LogP contribution is -2.25. The van der Waals surface area contributed by atoms with Crippen molar-refractivity contribution in [2.45, 2.75) is 74.0 Å². The number of rotatable bonds is 4. The Hall–Kier alpha value is -3.22. The number of benzene rings is 1. The molecule has 0 aliphatic heterocycles. The van der Waals surface area contributed by atoms with Gasteiger partial charge in [-0.05, 0) is 72.2 Å². The van der Waals surface area contributed by atoms with Gasteiger partial charge in [-0.2, -0.15) is 4.39 Å². The number of hydrogen-bond acceptors (Lipinski definition) is 6. The van der Waals surface area contributed by atoms with E-state index in [4.69, 9.17) is 9.15 Å². The third-order valence-electron chi connectivity index (χ3n) is 4.92. The average Bonchev–Trinajstić information content (AvgIpc) is 2.73. The summed E-state index contributed by atoms with van der Waals surface area (Å²) in [6.07, 6.45) is 0. The van der Waals surface area contributed by atoms with Crippen LogP contribution in [-0.4, -0.2) is 16.6 Å². The van der Waals surface area contributed by atoms with Gasteiger partial charge in [0.2, 0.25) is 5.95 Å². The number of aromatic nitrogens is 1. The Bertz CT molecular complexity index is 1230. The number of fused-ring (bicyclic) bond motifs is 1. The maximum Gasteiger partial charge on any atom is 0.359 e. The first-order valence-corrected chi connectivity index (χ1v) is 11.1. The minimum Gasteiger partial charge on any atom is -0.460 e. The van der Waals surface area contributed by atoms with E-state index in [1.54, 1.807) is 40.7 Å². The molecule has 0 spiro atoms. The summed E-state index contributed by atoms with van der Waals surface area (Å²) >= 11 is 0. The average molecular weight is 457 g/mol. The number of nitrogens with one attached hydrogen (secondary N) is 1. The predicted molar refractivity (Wildman–Crippen MR) is 129 cm³/mol. The second-order valence-electron chi connectivity index (χ2n) is 8.74. The highest BCUT2D eigenvalue weighted by atomic mass is 19.1. The van der Waals surface area contributed by atoms with Crippen molar-refractivity contribution in [1.82, 2.24) is 4.98 Å². The molecule has 0 saturated carbocycles. The van der Waals surface area contributed by atoms with Crippen LogP contribution in [0.5, 0.6) is 0 Å². The highest BCUT2D eigenvalue weighted by Crippen LogP contribution is 2.30. The summed E-state index contributed by atoms with van der Waals surface area (Å²) in [5.74, 6) is -0.960. The maximum absolute atomic E-state index is 13.8. The van der Waals surface area contributed by atoms with Gasteiger partial charge in [-0.3, -0.25) is 4.79 Å². The molecule has 0 aliphatic rings. The molecule has 1 aromatic carbocycles. The van der Waals surface area contributed by atoms with Gasteiger partial charge in [0, 0.05) is 11.1 Å². The van der Waals surface area contributed by atoms with Gasteiger partial charge in [-0.25, -0.2) is 9.78 Å². The quantitative estimate of drug-likeness (QED) is 0.361. The Morgan fingerprint density at radius 2 is 1.79 bits per heavy atom. The monoisotopic (exact) mass is 456 g/mol. The zero-order valence-electron chi connectivity index (χ0n) is 20.8. The number of pyridine rings is 1. The summed E-state index contributed by atoms with van der Waals surface area (Å²) in [4.78, 5) is 29.1. The normalized spacial score (nSPS) is 12.1. The first-order valence-electron chi connectivity index (χ1n) is 11.1. The molecule has 1 atom stereocenters. The number of carbonyl (C=O) groups is 1. The highest BCUT2D eigenvalue weighted by molar-refractivity contribution is 5.94. The van der Waals surface area contributed by atoms with Crippen molar-refractivity contribution in [3.63, 3.8) is 0 Å². The van der Waals surface area contributed by atoms with Crippen LogP contribution >= 0.6 is 0 Å². The first-order chi connectivity index (χ1) is 15.4. The van der Waals surface area contributed by atoms with Gasteiger partial charge in [-0.1, -0.05) is 19.9 Å². The molecule has 0 saturated heterocycles. The fraction of sp³-hybridized carbons (Fsp3) is 0.423. The van der Waals surface area contributed by atoms with Gasteiger partial charge in [0.25, 0.3) is 0 Å². The summed E-state index contributed by atoms with van der Waals surface area (Å²) in [7, 11) is 0. The molecule has 33 heavy (non-hydrogen) atoms. The lowest BCUT2D eigenvalue weighted by atomic mass is 10.00. The Balaban J connectivity index is 0.00000187. The summed E-state index contributed by atoms with van der Waals surface area (Å²) in [5, 5.41) is 3.70. The molecule has 3 rings (SSSR count). The van der Waals surface area contributed by atoms with Gasteiger partial charge in [0.05, 0.1) is 17.1 Å². The van der Waals surface area contributed by atoms with Crippen LogP contribution in [0.25, 0.3) is 11.0 Å². The van der Waals surface area contributed by atoms with Crippen LogP contribution in [0.1, 0.15) is 80.5 Å². The SMILES string of the molecule is CC.Cc1cc(C(C)Nc2ccc(F)nc2C(=O)OC(C)(C)C)c2oc(C)c(C)c(=O)c2c1. The van der Waals surface area contributed by atoms with Crippen LogP contribution in [0.4, 0.5) is 10.1 Å². The lowest BCUT2D eigenvalue weighted by Gasteiger charge is -2.22. The standard InChI is InChI=1S/C24H27FN2O4.C2H6/c1-12-10-16(22-17(11-12)21(28)13(2)15(4)30-22)14(3)26-18-8-9-19(25)27-20(18)23(29)31-24(5,6)7;1-2/h8-11,14,26H,1-7H3;1-2H3. The number of ether oxygens (including phenoxy) is 1. The van der Waals surface area contributed by atoms with Crippen molar-refractivity contribution in [3.05, 3.63) is 68.6 Å². The molecule has 0 radical (unpaired) electrons. The van der Waals surface area contributed by atoms with Crippen molar-refractivity contribution in [3.8, 4) is 0 Å².